The Morgan fingerprint density at radius 1 is 1.22 bits per heavy atom. The largest absolute Gasteiger partial charge is 0.494 e. The van der Waals surface area contributed by atoms with Crippen molar-refractivity contribution in [3.63, 3.8) is 0 Å². The van der Waals surface area contributed by atoms with Gasteiger partial charge >= 0.3 is 5.76 Å². The molecule has 0 saturated heterocycles. The van der Waals surface area contributed by atoms with Crippen molar-refractivity contribution in [1.82, 2.24) is 14.5 Å². The van der Waals surface area contributed by atoms with Crippen LogP contribution in [-0.4, -0.2) is 54.7 Å². The van der Waals surface area contributed by atoms with Gasteiger partial charge in [0, 0.05) is 6.54 Å². The van der Waals surface area contributed by atoms with Gasteiger partial charge in [-0.15, -0.1) is 0 Å². The van der Waals surface area contributed by atoms with Crippen molar-refractivity contribution >= 4 is 55.3 Å². The van der Waals surface area contributed by atoms with Crippen LogP contribution < -0.4 is 15.4 Å². The fraction of sp³-hybridized carbons (Fsp3) is 0.318. The Kier molecular flexibility index (Phi) is 6.50. The highest BCUT2D eigenvalue weighted by Gasteiger charge is 2.24. The van der Waals surface area contributed by atoms with Gasteiger partial charge in [0.05, 0.1) is 22.3 Å². The molecule has 10 heteroatoms. The molecule has 8 nitrogen and oxygen atoms in total. The average Bonchev–Trinajstić information content (AvgIpc) is 3.34. The van der Waals surface area contributed by atoms with Crippen molar-refractivity contribution in [2.24, 2.45) is 0 Å². The van der Waals surface area contributed by atoms with Gasteiger partial charge in [0.15, 0.2) is 10.7 Å². The van der Waals surface area contributed by atoms with Crippen LogP contribution in [0.4, 0.5) is 5.13 Å². The van der Waals surface area contributed by atoms with Crippen LogP contribution in [0.1, 0.15) is 6.42 Å². The molecule has 0 radical (unpaired) electrons. The molecule has 0 aliphatic heterocycles. The van der Waals surface area contributed by atoms with Crippen LogP contribution in [0.15, 0.2) is 45.6 Å². The molecule has 0 aliphatic rings. The Morgan fingerprint density at radius 2 is 2.00 bits per heavy atom. The van der Waals surface area contributed by atoms with Crippen molar-refractivity contribution in [3.05, 3.63) is 52.0 Å². The van der Waals surface area contributed by atoms with Crippen molar-refractivity contribution < 1.29 is 13.9 Å². The minimum atomic E-state index is -0.568. The van der Waals surface area contributed by atoms with Crippen LogP contribution in [0, 0.1) is 0 Å². The summed E-state index contributed by atoms with van der Waals surface area (Å²) in [5.41, 5.74) is 1.63. The average molecular weight is 475 g/mol. The van der Waals surface area contributed by atoms with Crippen LogP contribution in [0.3, 0.4) is 0 Å². The Hall–Kier alpha value is -2.88. The summed E-state index contributed by atoms with van der Waals surface area (Å²) < 4.78 is 12.8. The Morgan fingerprint density at radius 3 is 2.75 bits per heavy atom. The quantitative estimate of drug-likeness (QED) is 0.386. The third kappa shape index (κ3) is 4.36. The highest BCUT2D eigenvalue weighted by atomic mass is 35.5. The first-order valence-corrected chi connectivity index (χ1v) is 11.2. The van der Waals surface area contributed by atoms with Gasteiger partial charge in [0.2, 0.25) is 5.91 Å². The fourth-order valence-corrected chi connectivity index (χ4v) is 4.78. The third-order valence-electron chi connectivity index (χ3n) is 5.05. The van der Waals surface area contributed by atoms with E-state index in [0.717, 1.165) is 17.7 Å². The highest BCUT2D eigenvalue weighted by Crippen LogP contribution is 2.38. The zero-order chi connectivity index (χ0) is 22.8. The number of oxazole rings is 1. The molecule has 2 aromatic carbocycles. The number of carbonyl (C=O) groups excluding carboxylic acids is 1. The summed E-state index contributed by atoms with van der Waals surface area (Å²) >= 11 is 7.70. The molecular weight excluding hydrogens is 452 g/mol. The van der Waals surface area contributed by atoms with E-state index >= 15 is 0 Å². The van der Waals surface area contributed by atoms with Gasteiger partial charge < -0.3 is 14.1 Å². The monoisotopic (exact) mass is 474 g/mol. The van der Waals surface area contributed by atoms with Crippen molar-refractivity contribution in [2.75, 3.05) is 39.2 Å². The standard InChI is InChI=1S/C22H23ClN4O4S/c1-25(2)11-6-12-26(21-24-19-17(30-3)10-9-14(23)20(19)32-21)18(28)13-27-15-7-4-5-8-16(15)31-22(27)29/h4-5,7-10H,6,11-13H2,1-3H3. The minimum Gasteiger partial charge on any atom is -0.494 e. The maximum absolute atomic E-state index is 13.4. The number of rotatable bonds is 8. The van der Waals surface area contributed by atoms with Gasteiger partial charge in [-0.25, -0.2) is 9.78 Å². The van der Waals surface area contributed by atoms with E-state index in [4.69, 9.17) is 20.8 Å². The molecule has 0 aliphatic carbocycles. The Bertz CT molecular complexity index is 1330. The topological polar surface area (TPSA) is 80.8 Å². The van der Waals surface area contributed by atoms with Gasteiger partial charge in [-0.2, -0.15) is 0 Å². The van der Waals surface area contributed by atoms with E-state index in [9.17, 15) is 9.59 Å². The number of ether oxygens (including phenoxy) is 1. The first-order valence-electron chi connectivity index (χ1n) is 10.1. The number of amides is 1. The van der Waals surface area contributed by atoms with E-state index in [1.807, 2.05) is 14.1 Å². The van der Waals surface area contributed by atoms with Crippen molar-refractivity contribution in [3.8, 4) is 5.75 Å². The number of fused-ring (bicyclic) bond motifs is 2. The number of aromatic nitrogens is 2. The number of benzene rings is 2. The van der Waals surface area contributed by atoms with Gasteiger partial charge in [0.25, 0.3) is 0 Å². The van der Waals surface area contributed by atoms with Crippen LogP contribution in [0.25, 0.3) is 21.3 Å². The molecule has 0 fully saturated rings. The molecule has 168 valence electrons. The van der Waals surface area contributed by atoms with Crippen molar-refractivity contribution in [2.45, 2.75) is 13.0 Å². The van der Waals surface area contributed by atoms with E-state index in [0.29, 0.717) is 39.1 Å². The number of hydrogen-bond acceptors (Lipinski definition) is 7. The number of nitrogens with zero attached hydrogens (tertiary/aromatic N) is 4. The van der Waals surface area contributed by atoms with Crippen molar-refractivity contribution in [1.29, 1.82) is 0 Å². The smallest absolute Gasteiger partial charge is 0.420 e. The summed E-state index contributed by atoms with van der Waals surface area (Å²) in [4.78, 5) is 34.1. The van der Waals surface area contributed by atoms with E-state index in [2.05, 4.69) is 9.88 Å². The predicted molar refractivity (Wildman–Crippen MR) is 127 cm³/mol. The van der Waals surface area contributed by atoms with Crippen LogP contribution in [0.5, 0.6) is 5.75 Å². The normalized spacial score (nSPS) is 11.5. The summed E-state index contributed by atoms with van der Waals surface area (Å²) in [6.45, 7) is 1.09. The molecule has 0 spiro atoms. The zero-order valence-corrected chi connectivity index (χ0v) is 19.6. The van der Waals surface area contributed by atoms with Crippen LogP contribution >= 0.6 is 22.9 Å². The number of para-hydroxylation sites is 2. The summed E-state index contributed by atoms with van der Waals surface area (Å²) in [6, 6.07) is 10.5. The Labute approximate surface area is 193 Å². The second-order valence-electron chi connectivity index (χ2n) is 7.55. The summed E-state index contributed by atoms with van der Waals surface area (Å²) in [5.74, 6) is -0.238. The maximum atomic E-state index is 13.4. The number of anilines is 1. The molecule has 0 bridgehead atoms. The lowest BCUT2D eigenvalue weighted by molar-refractivity contribution is -0.119. The first kappa shape index (κ1) is 22.3. The minimum absolute atomic E-state index is 0.154. The number of carbonyl (C=O) groups is 1. The van der Waals surface area contributed by atoms with E-state index in [1.165, 1.54) is 15.9 Å². The van der Waals surface area contributed by atoms with Gasteiger partial charge in [-0.3, -0.25) is 14.3 Å². The Balaban J connectivity index is 1.71. The van der Waals surface area contributed by atoms with E-state index < -0.39 is 5.76 Å². The number of halogens is 1. The number of hydrogen-bond donors (Lipinski definition) is 0. The van der Waals surface area contributed by atoms with Gasteiger partial charge in [-0.1, -0.05) is 35.1 Å². The second kappa shape index (κ2) is 9.32. The first-order chi connectivity index (χ1) is 15.4. The lowest BCUT2D eigenvalue weighted by atomic mass is 10.3. The molecular formula is C22H23ClN4O4S. The molecule has 0 atom stereocenters. The predicted octanol–water partition coefficient (Wildman–Crippen LogP) is 3.85. The summed E-state index contributed by atoms with van der Waals surface area (Å²) in [7, 11) is 5.52. The molecule has 4 aromatic rings. The maximum Gasteiger partial charge on any atom is 0.420 e. The second-order valence-corrected chi connectivity index (χ2v) is 8.93. The van der Waals surface area contributed by atoms with Crippen LogP contribution in [-0.2, 0) is 11.3 Å². The molecule has 2 heterocycles. The van der Waals surface area contributed by atoms with Gasteiger partial charge in [0.1, 0.15) is 17.8 Å². The molecule has 32 heavy (non-hydrogen) atoms. The summed E-state index contributed by atoms with van der Waals surface area (Å²) in [5, 5.41) is 1.05. The molecule has 0 N–H and O–H groups in total. The molecule has 1 amide bonds. The number of methoxy groups -OCH3 is 1. The molecule has 0 unspecified atom stereocenters. The van der Waals surface area contributed by atoms with E-state index in [-0.39, 0.29) is 12.5 Å². The highest BCUT2D eigenvalue weighted by molar-refractivity contribution is 7.23. The fourth-order valence-electron chi connectivity index (χ4n) is 3.48. The summed E-state index contributed by atoms with van der Waals surface area (Å²) in [6.07, 6.45) is 0.737. The zero-order valence-electron chi connectivity index (χ0n) is 18.0. The molecule has 4 rings (SSSR count). The number of thiazole rings is 1. The lowest BCUT2D eigenvalue weighted by Gasteiger charge is -2.21. The molecule has 2 aromatic heterocycles. The SMILES string of the molecule is COc1ccc(Cl)c2sc(N(CCCN(C)C)C(=O)Cn3c(=O)oc4ccccc43)nc12. The van der Waals surface area contributed by atoms with Crippen LogP contribution in [0.2, 0.25) is 5.02 Å². The van der Waals surface area contributed by atoms with E-state index in [1.54, 1.807) is 48.4 Å². The lowest BCUT2D eigenvalue weighted by Crippen LogP contribution is -2.37. The van der Waals surface area contributed by atoms with Gasteiger partial charge in [-0.05, 0) is 51.3 Å². The third-order valence-corrected chi connectivity index (χ3v) is 6.59. The molecule has 0 saturated carbocycles.